The van der Waals surface area contributed by atoms with E-state index in [0.717, 1.165) is 12.0 Å². The number of rotatable bonds is 8. The molecule has 5 heteroatoms. The Morgan fingerprint density at radius 3 is 2.26 bits per heavy atom. The van der Waals surface area contributed by atoms with Crippen LogP contribution in [0.3, 0.4) is 0 Å². The fourth-order valence-corrected chi connectivity index (χ4v) is 3.23. The van der Waals surface area contributed by atoms with Gasteiger partial charge >= 0.3 is 0 Å². The van der Waals surface area contributed by atoms with Crippen molar-refractivity contribution in [3.05, 3.63) is 65.7 Å². The Morgan fingerprint density at radius 1 is 1.07 bits per heavy atom. The van der Waals surface area contributed by atoms with Crippen molar-refractivity contribution in [3.8, 4) is 0 Å². The van der Waals surface area contributed by atoms with Crippen molar-refractivity contribution in [1.29, 1.82) is 0 Å². The number of carbonyl (C=O) groups is 2. The maximum absolute atomic E-state index is 13.0. The zero-order valence-electron chi connectivity index (χ0n) is 16.4. The summed E-state index contributed by atoms with van der Waals surface area (Å²) < 4.78 is 0. The van der Waals surface area contributed by atoms with E-state index < -0.39 is 6.04 Å². The van der Waals surface area contributed by atoms with Crippen molar-refractivity contribution in [1.82, 2.24) is 10.2 Å². The molecule has 0 aliphatic carbocycles. The van der Waals surface area contributed by atoms with E-state index in [0.29, 0.717) is 12.1 Å². The Labute approximate surface area is 166 Å². The van der Waals surface area contributed by atoms with Gasteiger partial charge in [-0.1, -0.05) is 50.6 Å². The molecule has 1 N–H and O–H groups in total. The first-order valence-electron chi connectivity index (χ1n) is 9.20. The molecule has 4 nitrogen and oxygen atoms in total. The van der Waals surface area contributed by atoms with Gasteiger partial charge in [0.15, 0.2) is 0 Å². The monoisotopic (exact) mass is 384 g/mol. The average Bonchev–Trinajstić information content (AvgIpc) is 2.71. The summed E-state index contributed by atoms with van der Waals surface area (Å²) in [7, 11) is 1.79. The van der Waals surface area contributed by atoms with E-state index in [1.807, 2.05) is 50.4 Å². The van der Waals surface area contributed by atoms with Crippen LogP contribution in [0.5, 0.6) is 0 Å². The average molecular weight is 385 g/mol. The number of nitrogens with one attached hydrogen (secondary N) is 1. The first-order chi connectivity index (χ1) is 13.0. The number of thioether (sulfide) groups is 1. The van der Waals surface area contributed by atoms with E-state index in [-0.39, 0.29) is 17.7 Å². The van der Waals surface area contributed by atoms with E-state index in [2.05, 4.69) is 17.4 Å². The highest BCUT2D eigenvalue weighted by molar-refractivity contribution is 7.98. The zero-order valence-corrected chi connectivity index (χ0v) is 17.3. The second-order valence-electron chi connectivity index (χ2n) is 6.75. The second-order valence-corrected chi connectivity index (χ2v) is 7.62. The molecule has 0 aliphatic heterocycles. The topological polar surface area (TPSA) is 49.4 Å². The molecule has 0 heterocycles. The van der Waals surface area contributed by atoms with E-state index in [9.17, 15) is 9.59 Å². The van der Waals surface area contributed by atoms with Crippen molar-refractivity contribution in [2.24, 2.45) is 5.92 Å². The van der Waals surface area contributed by atoms with Gasteiger partial charge in [-0.3, -0.25) is 9.59 Å². The lowest BCUT2D eigenvalue weighted by Crippen LogP contribution is -2.50. The highest BCUT2D eigenvalue weighted by Gasteiger charge is 2.28. The van der Waals surface area contributed by atoms with E-state index in [4.69, 9.17) is 0 Å². The molecule has 0 saturated heterocycles. The van der Waals surface area contributed by atoms with Crippen molar-refractivity contribution >= 4 is 23.6 Å². The van der Waals surface area contributed by atoms with Crippen LogP contribution in [0, 0.1) is 5.92 Å². The highest BCUT2D eigenvalue weighted by Crippen LogP contribution is 2.17. The quantitative estimate of drug-likeness (QED) is 0.694. The largest absolute Gasteiger partial charge is 0.340 e. The summed E-state index contributed by atoms with van der Waals surface area (Å²) in [5, 5.41) is 2.94. The summed E-state index contributed by atoms with van der Waals surface area (Å²) in [5.41, 5.74) is 1.63. The summed E-state index contributed by atoms with van der Waals surface area (Å²) in [4.78, 5) is 28.5. The molecule has 0 fully saturated rings. The third-order valence-corrected chi connectivity index (χ3v) is 5.50. The molecule has 0 aliphatic rings. The van der Waals surface area contributed by atoms with E-state index in [1.54, 1.807) is 35.8 Å². The number of likely N-dealkylation sites (N-methyl/N-ethyl adjacent to an activating group) is 1. The fourth-order valence-electron chi connectivity index (χ4n) is 2.82. The van der Waals surface area contributed by atoms with E-state index >= 15 is 0 Å². The molecule has 0 saturated carbocycles. The molecular weight excluding hydrogens is 356 g/mol. The minimum absolute atomic E-state index is 0.0477. The van der Waals surface area contributed by atoms with Crippen molar-refractivity contribution < 1.29 is 9.59 Å². The summed E-state index contributed by atoms with van der Waals surface area (Å²) >= 11 is 1.69. The Kier molecular flexibility index (Phi) is 7.92. The lowest BCUT2D eigenvalue weighted by Gasteiger charge is -2.28. The lowest BCUT2D eigenvalue weighted by atomic mass is 9.97. The van der Waals surface area contributed by atoms with Crippen molar-refractivity contribution in [2.45, 2.75) is 37.8 Å². The molecule has 0 unspecified atom stereocenters. The summed E-state index contributed by atoms with van der Waals surface area (Å²) in [6.45, 7) is 4.54. The molecule has 0 spiro atoms. The van der Waals surface area contributed by atoms with Crippen LogP contribution in [0.15, 0.2) is 59.5 Å². The standard InChI is InChI=1S/C22H28N2O2S/c1-5-16(2)20(23-21(25)18-9-7-6-8-10-18)22(26)24(3)15-17-11-13-19(27-4)14-12-17/h6-14,16,20H,5,15H2,1-4H3,(H,23,25)/t16-,20-/m1/s1. The van der Waals surface area contributed by atoms with Gasteiger partial charge in [0.25, 0.3) is 5.91 Å². The van der Waals surface area contributed by atoms with Gasteiger partial charge in [0.05, 0.1) is 0 Å². The molecule has 2 atom stereocenters. The molecular formula is C22H28N2O2S. The van der Waals surface area contributed by atoms with Crippen LogP contribution in [0.25, 0.3) is 0 Å². The summed E-state index contributed by atoms with van der Waals surface area (Å²) in [5.74, 6) is -0.235. The zero-order chi connectivity index (χ0) is 19.8. The van der Waals surface area contributed by atoms with Gasteiger partial charge in [-0.2, -0.15) is 0 Å². The smallest absolute Gasteiger partial charge is 0.251 e. The van der Waals surface area contributed by atoms with Gasteiger partial charge in [0, 0.05) is 24.1 Å². The Hall–Kier alpha value is -2.27. The number of carbonyl (C=O) groups excluding carboxylic acids is 2. The fraction of sp³-hybridized carbons (Fsp3) is 0.364. The van der Waals surface area contributed by atoms with Crippen molar-refractivity contribution in [3.63, 3.8) is 0 Å². The van der Waals surface area contributed by atoms with Gasteiger partial charge in [0.1, 0.15) is 6.04 Å². The molecule has 27 heavy (non-hydrogen) atoms. The van der Waals surface area contributed by atoms with Crippen LogP contribution in [-0.2, 0) is 11.3 Å². The van der Waals surface area contributed by atoms with Gasteiger partial charge in [0.2, 0.25) is 5.91 Å². The Balaban J connectivity index is 2.09. The molecule has 2 aromatic carbocycles. The van der Waals surface area contributed by atoms with Crippen LogP contribution in [0.4, 0.5) is 0 Å². The molecule has 2 rings (SSSR count). The number of amides is 2. The molecule has 144 valence electrons. The summed E-state index contributed by atoms with van der Waals surface area (Å²) in [6.07, 6.45) is 2.85. The van der Waals surface area contributed by atoms with Gasteiger partial charge in [-0.25, -0.2) is 0 Å². The van der Waals surface area contributed by atoms with Gasteiger partial charge < -0.3 is 10.2 Å². The van der Waals surface area contributed by atoms with Gasteiger partial charge in [-0.15, -0.1) is 11.8 Å². The minimum Gasteiger partial charge on any atom is -0.340 e. The molecule has 0 aromatic heterocycles. The highest BCUT2D eigenvalue weighted by atomic mass is 32.2. The van der Waals surface area contributed by atoms with Crippen LogP contribution < -0.4 is 5.32 Å². The molecule has 0 bridgehead atoms. The first kappa shape index (κ1) is 21.0. The number of nitrogens with zero attached hydrogens (tertiary/aromatic N) is 1. The summed E-state index contributed by atoms with van der Waals surface area (Å²) in [6, 6.07) is 16.7. The van der Waals surface area contributed by atoms with Gasteiger partial charge in [-0.05, 0) is 42.0 Å². The predicted octanol–water partition coefficient (Wildman–Crippen LogP) is 4.21. The Morgan fingerprint density at radius 2 is 1.70 bits per heavy atom. The molecule has 0 radical (unpaired) electrons. The molecule has 2 amide bonds. The maximum atomic E-state index is 13.0. The molecule has 2 aromatic rings. The normalized spacial score (nSPS) is 12.9. The Bertz CT molecular complexity index is 747. The number of benzene rings is 2. The van der Waals surface area contributed by atoms with Crippen LogP contribution >= 0.6 is 11.8 Å². The third-order valence-electron chi connectivity index (χ3n) is 4.76. The van der Waals surface area contributed by atoms with Crippen molar-refractivity contribution in [2.75, 3.05) is 13.3 Å². The van der Waals surface area contributed by atoms with E-state index in [1.165, 1.54) is 4.90 Å². The van der Waals surface area contributed by atoms with Crippen LogP contribution in [0.1, 0.15) is 36.2 Å². The van der Waals surface area contributed by atoms with Crippen LogP contribution in [0.2, 0.25) is 0 Å². The van der Waals surface area contributed by atoms with Crippen LogP contribution in [-0.4, -0.2) is 36.1 Å². The number of hydrogen-bond acceptors (Lipinski definition) is 3. The predicted molar refractivity (Wildman–Crippen MR) is 112 cm³/mol. The maximum Gasteiger partial charge on any atom is 0.251 e. The number of hydrogen-bond donors (Lipinski definition) is 1. The second kappa shape index (κ2) is 10.2. The first-order valence-corrected chi connectivity index (χ1v) is 10.4. The third kappa shape index (κ3) is 5.86. The lowest BCUT2D eigenvalue weighted by molar-refractivity contribution is -0.133. The minimum atomic E-state index is -0.543. The SMILES string of the molecule is CC[C@@H](C)[C@@H](NC(=O)c1ccccc1)C(=O)N(C)Cc1ccc(SC)cc1.